The molecule has 2 saturated heterocycles. The SMILES string of the molecule is CC1(CN2CCC(COc3ccc(-c4ccc(C(=O)N5CCC(O)C5)cc4)cn3)CC2)CCC1. The summed E-state index contributed by atoms with van der Waals surface area (Å²) < 4.78 is 6.02. The molecule has 6 heteroatoms. The molecule has 1 aromatic carbocycles. The van der Waals surface area contributed by atoms with Gasteiger partial charge in [-0.05, 0) is 80.3 Å². The van der Waals surface area contributed by atoms with Crippen LogP contribution in [0.25, 0.3) is 11.1 Å². The number of benzene rings is 1. The smallest absolute Gasteiger partial charge is 0.253 e. The molecule has 34 heavy (non-hydrogen) atoms. The van der Waals surface area contributed by atoms with Gasteiger partial charge in [-0.25, -0.2) is 4.98 Å². The van der Waals surface area contributed by atoms with Crippen LogP contribution in [0.5, 0.6) is 5.88 Å². The lowest BCUT2D eigenvalue weighted by molar-refractivity contribution is 0.0561. The summed E-state index contributed by atoms with van der Waals surface area (Å²) in [4.78, 5) is 21.4. The molecule has 0 bridgehead atoms. The fraction of sp³-hybridized carbons (Fsp3) is 0.571. The molecule has 3 aliphatic rings. The molecule has 3 heterocycles. The maximum absolute atomic E-state index is 12.6. The van der Waals surface area contributed by atoms with Gasteiger partial charge >= 0.3 is 0 Å². The van der Waals surface area contributed by atoms with Gasteiger partial charge in [0.05, 0.1) is 12.7 Å². The van der Waals surface area contributed by atoms with Crippen LogP contribution in [0.15, 0.2) is 42.6 Å². The van der Waals surface area contributed by atoms with E-state index in [1.54, 1.807) is 4.90 Å². The van der Waals surface area contributed by atoms with Crippen LogP contribution >= 0.6 is 0 Å². The van der Waals surface area contributed by atoms with Crippen LogP contribution in [-0.2, 0) is 0 Å². The van der Waals surface area contributed by atoms with Crippen molar-refractivity contribution in [1.29, 1.82) is 0 Å². The summed E-state index contributed by atoms with van der Waals surface area (Å²) in [7, 11) is 0. The summed E-state index contributed by atoms with van der Waals surface area (Å²) in [5.41, 5.74) is 3.24. The Morgan fingerprint density at radius 1 is 1.06 bits per heavy atom. The van der Waals surface area contributed by atoms with Crippen LogP contribution in [-0.4, -0.2) is 71.2 Å². The highest BCUT2D eigenvalue weighted by Crippen LogP contribution is 2.41. The summed E-state index contributed by atoms with van der Waals surface area (Å²) in [6, 6.07) is 11.6. The molecule has 6 nitrogen and oxygen atoms in total. The van der Waals surface area contributed by atoms with Crippen molar-refractivity contribution < 1.29 is 14.6 Å². The van der Waals surface area contributed by atoms with E-state index in [-0.39, 0.29) is 5.91 Å². The van der Waals surface area contributed by atoms with Gasteiger partial charge in [-0.1, -0.05) is 25.5 Å². The van der Waals surface area contributed by atoms with Gasteiger partial charge in [0.25, 0.3) is 5.91 Å². The van der Waals surface area contributed by atoms with Crippen molar-refractivity contribution in [3.05, 3.63) is 48.2 Å². The zero-order valence-corrected chi connectivity index (χ0v) is 20.3. The van der Waals surface area contributed by atoms with Gasteiger partial charge in [0, 0.05) is 43.0 Å². The Kier molecular flexibility index (Phi) is 6.89. The summed E-state index contributed by atoms with van der Waals surface area (Å²) in [5, 5.41) is 9.67. The number of aliphatic hydroxyl groups is 1. The minimum absolute atomic E-state index is 0.0203. The normalized spacial score (nSPS) is 23.0. The largest absolute Gasteiger partial charge is 0.477 e. The average Bonchev–Trinajstić information content (AvgIpc) is 3.29. The molecule has 1 aliphatic carbocycles. The first-order valence-corrected chi connectivity index (χ1v) is 12.9. The quantitative estimate of drug-likeness (QED) is 0.666. The third-order valence-electron chi connectivity index (χ3n) is 7.99. The second kappa shape index (κ2) is 10.0. The second-order valence-electron chi connectivity index (χ2n) is 10.9. The maximum atomic E-state index is 12.6. The van der Waals surface area contributed by atoms with Gasteiger partial charge in [-0.15, -0.1) is 0 Å². The molecule has 2 aliphatic heterocycles. The van der Waals surface area contributed by atoms with Gasteiger partial charge in [0.15, 0.2) is 0 Å². The van der Waals surface area contributed by atoms with E-state index in [0.29, 0.717) is 42.3 Å². The highest BCUT2D eigenvalue weighted by molar-refractivity contribution is 5.94. The van der Waals surface area contributed by atoms with E-state index in [1.807, 2.05) is 42.6 Å². The first-order valence-electron chi connectivity index (χ1n) is 12.9. The van der Waals surface area contributed by atoms with Crippen LogP contribution in [0, 0.1) is 11.3 Å². The number of amides is 1. The van der Waals surface area contributed by atoms with E-state index in [9.17, 15) is 9.90 Å². The van der Waals surface area contributed by atoms with Gasteiger partial charge in [0.2, 0.25) is 5.88 Å². The predicted molar refractivity (Wildman–Crippen MR) is 133 cm³/mol. The van der Waals surface area contributed by atoms with Crippen molar-refractivity contribution in [3.63, 3.8) is 0 Å². The van der Waals surface area contributed by atoms with Crippen molar-refractivity contribution in [2.24, 2.45) is 11.3 Å². The van der Waals surface area contributed by atoms with Crippen LogP contribution in [0.2, 0.25) is 0 Å². The van der Waals surface area contributed by atoms with E-state index in [1.165, 1.54) is 51.7 Å². The summed E-state index contributed by atoms with van der Waals surface area (Å²) >= 11 is 0. The molecule has 1 saturated carbocycles. The number of likely N-dealkylation sites (tertiary alicyclic amines) is 2. The number of ether oxygens (including phenoxy) is 1. The molecule has 1 aromatic heterocycles. The highest BCUT2D eigenvalue weighted by Gasteiger charge is 2.34. The molecule has 0 spiro atoms. The Bertz CT molecular complexity index is 963. The third kappa shape index (κ3) is 5.44. The molecule has 1 amide bonds. The zero-order chi connectivity index (χ0) is 23.5. The fourth-order valence-electron chi connectivity index (χ4n) is 5.54. The lowest BCUT2D eigenvalue weighted by Gasteiger charge is -2.44. The summed E-state index contributed by atoms with van der Waals surface area (Å²) in [6.45, 7) is 7.85. The van der Waals surface area contributed by atoms with Crippen molar-refractivity contribution in [3.8, 4) is 17.0 Å². The number of hydrogen-bond donors (Lipinski definition) is 1. The number of hydrogen-bond acceptors (Lipinski definition) is 5. The van der Waals surface area contributed by atoms with E-state index >= 15 is 0 Å². The summed E-state index contributed by atoms with van der Waals surface area (Å²) in [5.74, 6) is 1.26. The number of rotatable bonds is 7. The van der Waals surface area contributed by atoms with E-state index in [2.05, 4.69) is 16.8 Å². The number of aromatic nitrogens is 1. The fourth-order valence-corrected chi connectivity index (χ4v) is 5.54. The predicted octanol–water partition coefficient (Wildman–Crippen LogP) is 4.24. The minimum Gasteiger partial charge on any atom is -0.477 e. The number of aliphatic hydroxyl groups excluding tert-OH is 1. The monoisotopic (exact) mass is 463 g/mol. The van der Waals surface area contributed by atoms with Crippen LogP contribution in [0.4, 0.5) is 0 Å². The number of β-amino-alcohol motifs (C(OH)–C–C–N with tert-alkyl or cyclic N) is 1. The molecule has 182 valence electrons. The summed E-state index contributed by atoms with van der Waals surface area (Å²) in [6.07, 6.45) is 8.69. The van der Waals surface area contributed by atoms with E-state index in [4.69, 9.17) is 4.74 Å². The minimum atomic E-state index is -0.400. The first kappa shape index (κ1) is 23.3. The maximum Gasteiger partial charge on any atom is 0.253 e. The Balaban J connectivity index is 1.09. The number of piperidine rings is 1. The third-order valence-corrected chi connectivity index (χ3v) is 7.99. The van der Waals surface area contributed by atoms with Crippen molar-refractivity contribution in [2.45, 2.75) is 51.6 Å². The van der Waals surface area contributed by atoms with Gasteiger partial charge in [-0.2, -0.15) is 0 Å². The number of carbonyl (C=O) groups excluding carboxylic acids is 1. The van der Waals surface area contributed by atoms with Crippen LogP contribution in [0.3, 0.4) is 0 Å². The lowest BCUT2D eigenvalue weighted by atomic mass is 9.70. The molecule has 3 fully saturated rings. The Labute approximate surface area is 202 Å². The lowest BCUT2D eigenvalue weighted by Crippen LogP contribution is -2.44. The Morgan fingerprint density at radius 3 is 2.38 bits per heavy atom. The highest BCUT2D eigenvalue weighted by atomic mass is 16.5. The number of nitrogens with zero attached hydrogens (tertiary/aromatic N) is 3. The van der Waals surface area contributed by atoms with E-state index < -0.39 is 6.10 Å². The van der Waals surface area contributed by atoms with Gasteiger partial charge < -0.3 is 19.6 Å². The molecule has 1 N–H and O–H groups in total. The van der Waals surface area contributed by atoms with Crippen molar-refractivity contribution in [1.82, 2.24) is 14.8 Å². The van der Waals surface area contributed by atoms with Crippen molar-refractivity contribution in [2.75, 3.05) is 39.3 Å². The van der Waals surface area contributed by atoms with Crippen molar-refractivity contribution >= 4 is 5.91 Å². The molecule has 5 rings (SSSR count). The number of carbonyl (C=O) groups is 1. The Hall–Kier alpha value is -2.44. The second-order valence-corrected chi connectivity index (χ2v) is 10.9. The molecular weight excluding hydrogens is 426 g/mol. The molecule has 2 aromatic rings. The van der Waals surface area contributed by atoms with Gasteiger partial charge in [-0.3, -0.25) is 4.79 Å². The molecule has 1 atom stereocenters. The first-order chi connectivity index (χ1) is 16.5. The van der Waals surface area contributed by atoms with Crippen LogP contribution in [0.1, 0.15) is 55.8 Å². The average molecular weight is 464 g/mol. The Morgan fingerprint density at radius 2 is 1.79 bits per heavy atom. The molecule has 1 unspecified atom stereocenters. The van der Waals surface area contributed by atoms with Crippen LogP contribution < -0.4 is 4.74 Å². The zero-order valence-electron chi connectivity index (χ0n) is 20.3. The molecule has 0 radical (unpaired) electrons. The van der Waals surface area contributed by atoms with Gasteiger partial charge in [0.1, 0.15) is 0 Å². The molecular formula is C28H37N3O3. The van der Waals surface area contributed by atoms with E-state index in [0.717, 1.165) is 17.7 Å². The topological polar surface area (TPSA) is 65.9 Å². The number of pyridine rings is 1. The standard InChI is InChI=1S/C28H37N3O3/c1-28(12-2-13-28)20-30-14-9-21(10-15-30)19-34-26-8-7-24(17-29-26)22-3-5-23(6-4-22)27(33)31-16-11-25(32)18-31/h3-8,17,21,25,32H,2,9-16,18-20H2,1H3.